The summed E-state index contributed by atoms with van der Waals surface area (Å²) in [4.78, 5) is 19.3. The third-order valence-corrected chi connectivity index (χ3v) is 5.33. The minimum Gasteiger partial charge on any atom is -0.454 e. The fraction of sp³-hybridized carbons (Fsp3) is 0.474. The second-order valence-corrected chi connectivity index (χ2v) is 7.01. The van der Waals surface area contributed by atoms with Crippen LogP contribution in [0.5, 0.6) is 11.5 Å². The number of carbonyl (C=O) groups is 1. The number of benzene rings is 1. The van der Waals surface area contributed by atoms with E-state index >= 15 is 0 Å². The van der Waals surface area contributed by atoms with Gasteiger partial charge in [-0.15, -0.1) is 0 Å². The number of ether oxygens (including phenoxy) is 2. The molecule has 0 spiro atoms. The Kier molecular flexibility index (Phi) is 4.55. The van der Waals surface area contributed by atoms with Crippen molar-refractivity contribution in [2.45, 2.75) is 18.9 Å². The van der Waals surface area contributed by atoms with Crippen LogP contribution in [0, 0.1) is 5.92 Å². The molecule has 4 rings (SSSR count). The zero-order valence-electron chi connectivity index (χ0n) is 15.1. The molecule has 0 radical (unpaired) electrons. The minimum absolute atomic E-state index is 0.121. The quantitative estimate of drug-likeness (QED) is 0.907. The number of nitrogens with zero attached hydrogens (tertiary/aromatic N) is 3. The van der Waals surface area contributed by atoms with Gasteiger partial charge in [0.2, 0.25) is 6.79 Å². The summed E-state index contributed by atoms with van der Waals surface area (Å²) >= 11 is 0. The summed E-state index contributed by atoms with van der Waals surface area (Å²) in [5.74, 6) is 1.38. The molecule has 2 aliphatic heterocycles. The van der Waals surface area contributed by atoms with Gasteiger partial charge in [-0.2, -0.15) is 0 Å². The fourth-order valence-corrected chi connectivity index (χ4v) is 4.02. The van der Waals surface area contributed by atoms with Gasteiger partial charge in [0.1, 0.15) is 0 Å². The van der Waals surface area contributed by atoms with E-state index in [-0.39, 0.29) is 18.7 Å². The van der Waals surface area contributed by atoms with Crippen molar-refractivity contribution in [3.8, 4) is 11.5 Å². The van der Waals surface area contributed by atoms with Gasteiger partial charge in [0.25, 0.3) is 5.91 Å². The first-order valence-corrected chi connectivity index (χ1v) is 8.98. The SMILES string of the molecule is CN1CCC[C@@H](CNC(=O)c2cccc3c2OCO3)[C@@H]1c1cncn1C. The maximum Gasteiger partial charge on any atom is 0.255 e. The molecule has 0 bridgehead atoms. The lowest BCUT2D eigenvalue weighted by Crippen LogP contribution is -2.42. The van der Waals surface area contributed by atoms with Crippen LogP contribution in [0.2, 0.25) is 0 Å². The van der Waals surface area contributed by atoms with Crippen LogP contribution in [0.3, 0.4) is 0 Å². The molecular weight excluding hydrogens is 332 g/mol. The van der Waals surface area contributed by atoms with Crippen molar-refractivity contribution in [2.75, 3.05) is 26.9 Å². The molecule has 1 amide bonds. The van der Waals surface area contributed by atoms with Crippen LogP contribution in [0.15, 0.2) is 30.7 Å². The second kappa shape index (κ2) is 6.99. The van der Waals surface area contributed by atoms with Gasteiger partial charge in [0.05, 0.1) is 23.6 Å². The zero-order chi connectivity index (χ0) is 18.1. The number of hydrogen-bond acceptors (Lipinski definition) is 5. The number of aromatic nitrogens is 2. The first kappa shape index (κ1) is 16.9. The van der Waals surface area contributed by atoms with Gasteiger partial charge < -0.3 is 19.4 Å². The number of fused-ring (bicyclic) bond motifs is 1. The molecule has 1 aromatic heterocycles. The van der Waals surface area contributed by atoms with Crippen LogP contribution in [-0.2, 0) is 7.05 Å². The van der Waals surface area contributed by atoms with Crippen molar-refractivity contribution in [1.82, 2.24) is 19.8 Å². The molecule has 138 valence electrons. The van der Waals surface area contributed by atoms with Crippen molar-refractivity contribution in [1.29, 1.82) is 0 Å². The molecule has 1 N–H and O–H groups in total. The number of likely N-dealkylation sites (tertiary alicyclic amines) is 1. The number of imidazole rings is 1. The monoisotopic (exact) mass is 356 g/mol. The lowest BCUT2D eigenvalue weighted by molar-refractivity contribution is 0.0878. The molecule has 0 aliphatic carbocycles. The molecule has 3 heterocycles. The predicted molar refractivity (Wildman–Crippen MR) is 96.2 cm³/mol. The van der Waals surface area contributed by atoms with Crippen LogP contribution in [0.25, 0.3) is 0 Å². The largest absolute Gasteiger partial charge is 0.454 e. The molecule has 2 atom stereocenters. The number of piperidine rings is 1. The summed E-state index contributed by atoms with van der Waals surface area (Å²) in [6.45, 7) is 1.83. The Morgan fingerprint density at radius 1 is 1.35 bits per heavy atom. The Labute approximate surface area is 152 Å². The summed E-state index contributed by atoms with van der Waals surface area (Å²) in [5, 5.41) is 3.10. The smallest absolute Gasteiger partial charge is 0.255 e. The predicted octanol–water partition coefficient (Wildman–Crippen LogP) is 1.96. The third-order valence-electron chi connectivity index (χ3n) is 5.33. The Hall–Kier alpha value is -2.54. The zero-order valence-corrected chi connectivity index (χ0v) is 15.1. The molecule has 2 aromatic rings. The molecule has 1 fully saturated rings. The molecule has 0 unspecified atom stereocenters. The third kappa shape index (κ3) is 3.03. The van der Waals surface area contributed by atoms with Crippen molar-refractivity contribution in [2.24, 2.45) is 13.0 Å². The first-order valence-electron chi connectivity index (χ1n) is 8.98. The van der Waals surface area contributed by atoms with Crippen molar-refractivity contribution in [3.05, 3.63) is 42.0 Å². The van der Waals surface area contributed by atoms with E-state index in [0.29, 0.717) is 29.5 Å². The molecule has 2 aliphatic rings. The molecular formula is C19H24N4O3. The van der Waals surface area contributed by atoms with Crippen LogP contribution in [0.1, 0.15) is 34.9 Å². The van der Waals surface area contributed by atoms with E-state index in [1.54, 1.807) is 6.07 Å². The number of hydrogen-bond donors (Lipinski definition) is 1. The van der Waals surface area contributed by atoms with Gasteiger partial charge in [0, 0.05) is 19.8 Å². The summed E-state index contributed by atoms with van der Waals surface area (Å²) < 4.78 is 12.9. The van der Waals surface area contributed by atoms with Crippen molar-refractivity contribution < 1.29 is 14.3 Å². The average molecular weight is 356 g/mol. The van der Waals surface area contributed by atoms with Crippen LogP contribution < -0.4 is 14.8 Å². The molecule has 0 saturated carbocycles. The standard InChI is InChI=1S/C19H24N4O3/c1-22-8-4-5-13(17(22)15-10-20-11-23(15)2)9-21-19(24)14-6-3-7-16-18(14)26-12-25-16/h3,6-7,10-11,13,17H,4-5,8-9,12H2,1-2H3,(H,21,24)/t13-,17+/m0/s1. The molecule has 7 nitrogen and oxygen atoms in total. The summed E-state index contributed by atoms with van der Waals surface area (Å²) in [5.41, 5.74) is 1.71. The van der Waals surface area contributed by atoms with Gasteiger partial charge >= 0.3 is 0 Å². The number of carbonyl (C=O) groups excluding carboxylic acids is 1. The summed E-state index contributed by atoms with van der Waals surface area (Å²) in [7, 11) is 4.16. The lowest BCUT2D eigenvalue weighted by Gasteiger charge is -2.39. The average Bonchev–Trinajstić information content (AvgIpc) is 3.28. The van der Waals surface area contributed by atoms with Crippen molar-refractivity contribution >= 4 is 5.91 Å². The van der Waals surface area contributed by atoms with E-state index in [0.717, 1.165) is 19.4 Å². The number of para-hydroxylation sites is 1. The van der Waals surface area contributed by atoms with Gasteiger partial charge in [-0.25, -0.2) is 4.98 Å². The van der Waals surface area contributed by atoms with Gasteiger partial charge in [-0.3, -0.25) is 9.69 Å². The number of nitrogens with one attached hydrogen (secondary N) is 1. The van der Waals surface area contributed by atoms with E-state index in [9.17, 15) is 4.79 Å². The second-order valence-electron chi connectivity index (χ2n) is 7.01. The Morgan fingerprint density at radius 2 is 2.23 bits per heavy atom. The summed E-state index contributed by atoms with van der Waals surface area (Å²) in [6, 6.07) is 5.65. The lowest BCUT2D eigenvalue weighted by atomic mass is 9.87. The molecule has 7 heteroatoms. The van der Waals surface area contributed by atoms with E-state index < -0.39 is 0 Å². The Morgan fingerprint density at radius 3 is 3.04 bits per heavy atom. The maximum absolute atomic E-state index is 12.7. The first-order chi connectivity index (χ1) is 12.6. The molecule has 1 saturated heterocycles. The highest BCUT2D eigenvalue weighted by atomic mass is 16.7. The summed E-state index contributed by atoms with van der Waals surface area (Å²) in [6.07, 6.45) is 5.96. The van der Waals surface area contributed by atoms with E-state index in [1.165, 1.54) is 5.69 Å². The van der Waals surface area contributed by atoms with Gasteiger partial charge in [0.15, 0.2) is 11.5 Å². The highest BCUT2D eigenvalue weighted by Crippen LogP contribution is 2.36. The maximum atomic E-state index is 12.7. The van der Waals surface area contributed by atoms with E-state index in [2.05, 4.69) is 26.8 Å². The number of aryl methyl sites for hydroxylation is 1. The van der Waals surface area contributed by atoms with E-state index in [1.807, 2.05) is 31.7 Å². The number of rotatable bonds is 4. The minimum atomic E-state index is -0.121. The molecule has 26 heavy (non-hydrogen) atoms. The van der Waals surface area contributed by atoms with Crippen molar-refractivity contribution in [3.63, 3.8) is 0 Å². The van der Waals surface area contributed by atoms with Crippen LogP contribution in [-0.4, -0.2) is 47.3 Å². The number of amides is 1. The topological polar surface area (TPSA) is 68.6 Å². The highest BCUT2D eigenvalue weighted by molar-refractivity contribution is 5.97. The highest BCUT2D eigenvalue weighted by Gasteiger charge is 2.33. The fourth-order valence-electron chi connectivity index (χ4n) is 4.02. The Bertz CT molecular complexity index is 804. The van der Waals surface area contributed by atoms with Crippen LogP contribution in [0.4, 0.5) is 0 Å². The van der Waals surface area contributed by atoms with Gasteiger partial charge in [-0.05, 0) is 44.5 Å². The van der Waals surface area contributed by atoms with Gasteiger partial charge in [-0.1, -0.05) is 6.07 Å². The van der Waals surface area contributed by atoms with Crippen LogP contribution >= 0.6 is 0 Å². The molecule has 1 aromatic carbocycles. The Balaban J connectivity index is 1.49. The normalized spacial score (nSPS) is 22.4. The van der Waals surface area contributed by atoms with E-state index in [4.69, 9.17) is 9.47 Å².